The predicted molar refractivity (Wildman–Crippen MR) is 74.7 cm³/mol. The lowest BCUT2D eigenvalue weighted by Crippen LogP contribution is -2.12. The van der Waals surface area contributed by atoms with E-state index in [4.69, 9.17) is 5.26 Å². The van der Waals surface area contributed by atoms with Crippen LogP contribution >= 0.6 is 0 Å². The van der Waals surface area contributed by atoms with Gasteiger partial charge in [-0.05, 0) is 36.2 Å². The number of halogens is 3. The van der Waals surface area contributed by atoms with Crippen LogP contribution in [0.15, 0.2) is 42.5 Å². The number of alkyl halides is 3. The molecule has 0 aromatic heterocycles. The second-order valence-corrected chi connectivity index (χ2v) is 4.67. The number of anilines is 1. The molecule has 0 amide bonds. The fraction of sp³-hybridized carbons (Fsp3) is 0.188. The zero-order valence-electron chi connectivity index (χ0n) is 11.3. The average Bonchev–Trinajstić information content (AvgIpc) is 2.45. The third kappa shape index (κ3) is 3.54. The van der Waals surface area contributed by atoms with Crippen LogP contribution in [0.4, 0.5) is 18.9 Å². The van der Waals surface area contributed by atoms with Gasteiger partial charge in [0.05, 0.1) is 16.8 Å². The second kappa shape index (κ2) is 5.88. The number of hydrogen-bond donors (Lipinski definition) is 1. The SMILES string of the molecule is Cc1ccc(NCc2ccccc2C(F)(F)F)c(C#N)c1. The highest BCUT2D eigenvalue weighted by atomic mass is 19.4. The number of nitriles is 1. The largest absolute Gasteiger partial charge is 0.416 e. The van der Waals surface area contributed by atoms with Crippen molar-refractivity contribution in [3.63, 3.8) is 0 Å². The zero-order valence-corrected chi connectivity index (χ0v) is 11.3. The molecular formula is C16H13F3N2. The van der Waals surface area contributed by atoms with E-state index >= 15 is 0 Å². The van der Waals surface area contributed by atoms with E-state index in [0.717, 1.165) is 11.6 Å². The van der Waals surface area contributed by atoms with Crippen molar-refractivity contribution in [2.75, 3.05) is 5.32 Å². The van der Waals surface area contributed by atoms with Crippen molar-refractivity contribution in [2.24, 2.45) is 0 Å². The van der Waals surface area contributed by atoms with Crippen LogP contribution in [0, 0.1) is 18.3 Å². The number of nitrogens with one attached hydrogen (secondary N) is 1. The molecule has 2 nitrogen and oxygen atoms in total. The minimum atomic E-state index is -4.39. The van der Waals surface area contributed by atoms with Crippen molar-refractivity contribution in [1.29, 1.82) is 5.26 Å². The Hall–Kier alpha value is -2.48. The summed E-state index contributed by atoms with van der Waals surface area (Å²) < 4.78 is 38.7. The smallest absolute Gasteiger partial charge is 0.380 e. The molecule has 1 N–H and O–H groups in total. The molecule has 0 spiro atoms. The first-order valence-corrected chi connectivity index (χ1v) is 6.31. The third-order valence-corrected chi connectivity index (χ3v) is 3.09. The van der Waals surface area contributed by atoms with Gasteiger partial charge < -0.3 is 5.32 Å². The van der Waals surface area contributed by atoms with Gasteiger partial charge in [-0.1, -0.05) is 24.3 Å². The third-order valence-electron chi connectivity index (χ3n) is 3.09. The van der Waals surface area contributed by atoms with Crippen molar-refractivity contribution >= 4 is 5.69 Å². The summed E-state index contributed by atoms with van der Waals surface area (Å²) in [6, 6.07) is 12.6. The van der Waals surface area contributed by atoms with E-state index in [0.29, 0.717) is 11.3 Å². The van der Waals surface area contributed by atoms with Crippen LogP contribution < -0.4 is 5.32 Å². The number of hydrogen-bond acceptors (Lipinski definition) is 2. The fourth-order valence-electron chi connectivity index (χ4n) is 2.05. The van der Waals surface area contributed by atoms with Crippen LogP contribution in [0.1, 0.15) is 22.3 Å². The van der Waals surface area contributed by atoms with Gasteiger partial charge in [-0.2, -0.15) is 18.4 Å². The summed E-state index contributed by atoms with van der Waals surface area (Å²) >= 11 is 0. The van der Waals surface area contributed by atoms with E-state index in [1.54, 1.807) is 24.3 Å². The predicted octanol–water partition coefficient (Wildman–Crippen LogP) is 4.50. The summed E-state index contributed by atoms with van der Waals surface area (Å²) in [5.41, 5.74) is 1.35. The van der Waals surface area contributed by atoms with E-state index in [-0.39, 0.29) is 12.1 Å². The number of rotatable bonds is 3. The molecule has 0 fully saturated rings. The van der Waals surface area contributed by atoms with Crippen molar-refractivity contribution < 1.29 is 13.2 Å². The van der Waals surface area contributed by atoms with Gasteiger partial charge in [0, 0.05) is 6.54 Å². The van der Waals surface area contributed by atoms with E-state index in [9.17, 15) is 13.2 Å². The topological polar surface area (TPSA) is 35.8 Å². The Balaban J connectivity index is 2.24. The van der Waals surface area contributed by atoms with Crippen molar-refractivity contribution in [2.45, 2.75) is 19.6 Å². The Morgan fingerprint density at radius 1 is 1.14 bits per heavy atom. The first-order chi connectivity index (χ1) is 9.91. The van der Waals surface area contributed by atoms with Gasteiger partial charge in [0.1, 0.15) is 6.07 Å². The molecule has 0 unspecified atom stereocenters. The van der Waals surface area contributed by atoms with Crippen LogP contribution in [0.3, 0.4) is 0 Å². The van der Waals surface area contributed by atoms with Gasteiger partial charge >= 0.3 is 6.18 Å². The fourth-order valence-corrected chi connectivity index (χ4v) is 2.05. The van der Waals surface area contributed by atoms with Crippen LogP contribution in [-0.2, 0) is 12.7 Å². The maximum absolute atomic E-state index is 12.9. The number of nitrogens with zero attached hydrogens (tertiary/aromatic N) is 1. The lowest BCUT2D eigenvalue weighted by Gasteiger charge is -2.14. The van der Waals surface area contributed by atoms with Crippen LogP contribution in [-0.4, -0.2) is 0 Å². The molecule has 0 aliphatic rings. The molecule has 0 atom stereocenters. The monoisotopic (exact) mass is 290 g/mol. The van der Waals surface area contributed by atoms with Crippen molar-refractivity contribution in [3.05, 3.63) is 64.7 Å². The minimum absolute atomic E-state index is 0.00737. The van der Waals surface area contributed by atoms with E-state index in [2.05, 4.69) is 5.32 Å². The van der Waals surface area contributed by atoms with Gasteiger partial charge in [0.25, 0.3) is 0 Å². The van der Waals surface area contributed by atoms with Crippen LogP contribution in [0.5, 0.6) is 0 Å². The molecule has 0 saturated heterocycles. The Morgan fingerprint density at radius 3 is 2.52 bits per heavy atom. The molecule has 108 valence electrons. The Morgan fingerprint density at radius 2 is 1.86 bits per heavy atom. The molecule has 0 bridgehead atoms. The first kappa shape index (κ1) is 14.9. The first-order valence-electron chi connectivity index (χ1n) is 6.31. The van der Waals surface area contributed by atoms with E-state index < -0.39 is 11.7 Å². The average molecular weight is 290 g/mol. The molecule has 2 aromatic rings. The van der Waals surface area contributed by atoms with Crippen molar-refractivity contribution in [1.82, 2.24) is 0 Å². The summed E-state index contributed by atoms with van der Waals surface area (Å²) in [6.45, 7) is 1.86. The summed E-state index contributed by atoms with van der Waals surface area (Å²) in [6.07, 6.45) is -4.39. The lowest BCUT2D eigenvalue weighted by atomic mass is 10.1. The van der Waals surface area contributed by atoms with Gasteiger partial charge in [-0.3, -0.25) is 0 Å². The maximum Gasteiger partial charge on any atom is 0.416 e. The summed E-state index contributed by atoms with van der Waals surface area (Å²) in [5, 5.41) is 12.0. The quantitative estimate of drug-likeness (QED) is 0.903. The molecule has 0 saturated carbocycles. The second-order valence-electron chi connectivity index (χ2n) is 4.67. The highest BCUT2D eigenvalue weighted by molar-refractivity contribution is 5.58. The number of benzene rings is 2. The molecule has 2 rings (SSSR count). The Labute approximate surface area is 120 Å². The standard InChI is InChI=1S/C16H13F3N2/c1-11-6-7-15(13(8-11)9-20)21-10-12-4-2-3-5-14(12)16(17,18)19/h2-8,21H,10H2,1H3. The highest BCUT2D eigenvalue weighted by Gasteiger charge is 2.32. The summed E-state index contributed by atoms with van der Waals surface area (Å²) in [7, 11) is 0. The lowest BCUT2D eigenvalue weighted by molar-refractivity contribution is -0.138. The van der Waals surface area contributed by atoms with Gasteiger partial charge in [-0.25, -0.2) is 0 Å². The molecule has 21 heavy (non-hydrogen) atoms. The Bertz CT molecular complexity index is 685. The van der Waals surface area contributed by atoms with Gasteiger partial charge in [-0.15, -0.1) is 0 Å². The van der Waals surface area contributed by atoms with E-state index in [1.165, 1.54) is 12.1 Å². The summed E-state index contributed by atoms with van der Waals surface area (Å²) in [5.74, 6) is 0. The normalized spacial score (nSPS) is 11.0. The number of aryl methyl sites for hydroxylation is 1. The highest BCUT2D eigenvalue weighted by Crippen LogP contribution is 2.32. The molecule has 0 radical (unpaired) electrons. The molecule has 0 aliphatic carbocycles. The van der Waals surface area contributed by atoms with Crippen molar-refractivity contribution in [3.8, 4) is 6.07 Å². The maximum atomic E-state index is 12.9. The molecule has 2 aromatic carbocycles. The van der Waals surface area contributed by atoms with Crippen LogP contribution in [0.2, 0.25) is 0 Å². The van der Waals surface area contributed by atoms with Crippen LogP contribution in [0.25, 0.3) is 0 Å². The summed E-state index contributed by atoms with van der Waals surface area (Å²) in [4.78, 5) is 0. The molecular weight excluding hydrogens is 277 g/mol. The minimum Gasteiger partial charge on any atom is -0.380 e. The molecule has 0 aliphatic heterocycles. The Kier molecular flexibility index (Phi) is 4.18. The van der Waals surface area contributed by atoms with Gasteiger partial charge in [0.15, 0.2) is 0 Å². The van der Waals surface area contributed by atoms with Gasteiger partial charge in [0.2, 0.25) is 0 Å². The zero-order chi connectivity index (χ0) is 15.5. The molecule has 5 heteroatoms. The van der Waals surface area contributed by atoms with E-state index in [1.807, 2.05) is 13.0 Å². The molecule has 0 heterocycles.